The van der Waals surface area contributed by atoms with Crippen molar-refractivity contribution in [2.75, 3.05) is 0 Å². The average Bonchev–Trinajstić information content (AvgIpc) is 2.97. The largest absolute Gasteiger partial charge is 0.481 e. The molecule has 0 radical (unpaired) electrons. The number of carbonyl (C=O) groups is 2. The second kappa shape index (κ2) is 7.17. The molecule has 2 N–H and O–H groups in total. The molecule has 1 atom stereocenters. The molecular weight excluding hydrogens is 374 g/mol. The van der Waals surface area contributed by atoms with E-state index in [0.29, 0.717) is 5.56 Å². The molecule has 2 rings (SSSR count). The fourth-order valence-electron chi connectivity index (χ4n) is 2.17. The number of benzene rings is 1. The van der Waals surface area contributed by atoms with Crippen LogP contribution in [0.3, 0.4) is 0 Å². The maximum absolute atomic E-state index is 12.5. The standard InChI is InChI=1S/C17H20BrN3O3/c1-17(2,3)21-10-12(9-19-21)16(24)20-14(8-15(22)23)11-4-6-13(18)7-5-11/h4-7,9-10,14H,8H2,1-3H3,(H,20,24)(H,22,23). The van der Waals surface area contributed by atoms with Gasteiger partial charge in [-0.2, -0.15) is 5.10 Å². The molecule has 1 aromatic carbocycles. The zero-order chi connectivity index (χ0) is 17.9. The summed E-state index contributed by atoms with van der Waals surface area (Å²) in [6.07, 6.45) is 2.95. The molecular formula is C17H20BrN3O3. The van der Waals surface area contributed by atoms with Gasteiger partial charge >= 0.3 is 5.97 Å². The lowest BCUT2D eigenvalue weighted by atomic mass is 10.0. The molecule has 0 aliphatic heterocycles. The van der Waals surface area contributed by atoms with E-state index in [1.807, 2.05) is 32.9 Å². The maximum Gasteiger partial charge on any atom is 0.305 e. The Balaban J connectivity index is 2.19. The Morgan fingerprint density at radius 1 is 1.29 bits per heavy atom. The van der Waals surface area contributed by atoms with E-state index in [-0.39, 0.29) is 17.9 Å². The monoisotopic (exact) mass is 393 g/mol. The lowest BCUT2D eigenvalue weighted by Gasteiger charge is -2.19. The van der Waals surface area contributed by atoms with E-state index in [4.69, 9.17) is 5.11 Å². The molecule has 6 nitrogen and oxygen atoms in total. The summed E-state index contributed by atoms with van der Waals surface area (Å²) in [5.74, 6) is -1.33. The van der Waals surface area contributed by atoms with E-state index in [2.05, 4.69) is 26.3 Å². The van der Waals surface area contributed by atoms with Crippen LogP contribution < -0.4 is 5.32 Å². The van der Waals surface area contributed by atoms with Crippen molar-refractivity contribution in [3.63, 3.8) is 0 Å². The molecule has 0 aliphatic carbocycles. The molecule has 2 aromatic rings. The number of nitrogens with one attached hydrogen (secondary N) is 1. The van der Waals surface area contributed by atoms with Gasteiger partial charge in [-0.3, -0.25) is 14.3 Å². The SMILES string of the molecule is CC(C)(C)n1cc(C(=O)NC(CC(=O)O)c2ccc(Br)cc2)cn1. The molecule has 0 bridgehead atoms. The van der Waals surface area contributed by atoms with Crippen LogP contribution in [0.15, 0.2) is 41.1 Å². The second-order valence-corrected chi connectivity index (χ2v) is 7.44. The molecule has 0 saturated heterocycles. The normalized spacial score (nSPS) is 12.7. The van der Waals surface area contributed by atoms with Gasteiger partial charge in [0.2, 0.25) is 0 Å². The van der Waals surface area contributed by atoms with Crippen molar-refractivity contribution in [2.45, 2.75) is 38.8 Å². The van der Waals surface area contributed by atoms with Crippen molar-refractivity contribution < 1.29 is 14.7 Å². The van der Waals surface area contributed by atoms with Crippen LogP contribution in [0.2, 0.25) is 0 Å². The number of nitrogens with zero attached hydrogens (tertiary/aromatic N) is 2. The minimum absolute atomic E-state index is 0.194. The number of halogens is 1. The quantitative estimate of drug-likeness (QED) is 0.815. The van der Waals surface area contributed by atoms with Crippen molar-refractivity contribution in [1.29, 1.82) is 0 Å². The number of carboxylic acids is 1. The molecule has 128 valence electrons. The van der Waals surface area contributed by atoms with Crippen LogP contribution in [0.25, 0.3) is 0 Å². The Labute approximate surface area is 149 Å². The van der Waals surface area contributed by atoms with Crippen molar-refractivity contribution in [3.05, 3.63) is 52.3 Å². The predicted molar refractivity (Wildman–Crippen MR) is 93.8 cm³/mol. The van der Waals surface area contributed by atoms with Crippen LogP contribution >= 0.6 is 15.9 Å². The second-order valence-electron chi connectivity index (χ2n) is 6.52. The minimum Gasteiger partial charge on any atom is -0.481 e. The number of hydrogen-bond acceptors (Lipinski definition) is 3. The predicted octanol–water partition coefficient (Wildman–Crippen LogP) is 3.35. The average molecular weight is 394 g/mol. The highest BCUT2D eigenvalue weighted by Crippen LogP contribution is 2.21. The van der Waals surface area contributed by atoms with Gasteiger partial charge in [-0.25, -0.2) is 0 Å². The maximum atomic E-state index is 12.5. The summed E-state index contributed by atoms with van der Waals surface area (Å²) in [6.45, 7) is 5.95. The summed E-state index contributed by atoms with van der Waals surface area (Å²) in [5.41, 5.74) is 0.902. The van der Waals surface area contributed by atoms with E-state index in [9.17, 15) is 9.59 Å². The molecule has 1 aromatic heterocycles. The molecule has 0 spiro atoms. The first-order chi connectivity index (χ1) is 11.2. The number of rotatable bonds is 5. The lowest BCUT2D eigenvalue weighted by Crippen LogP contribution is -2.30. The lowest BCUT2D eigenvalue weighted by molar-refractivity contribution is -0.137. The van der Waals surface area contributed by atoms with E-state index in [1.165, 1.54) is 6.20 Å². The van der Waals surface area contributed by atoms with Crippen LogP contribution in [0, 0.1) is 0 Å². The molecule has 0 fully saturated rings. The van der Waals surface area contributed by atoms with Crippen LogP contribution in [0.1, 0.15) is 49.2 Å². The minimum atomic E-state index is -0.978. The van der Waals surface area contributed by atoms with E-state index in [1.54, 1.807) is 23.0 Å². The smallest absolute Gasteiger partial charge is 0.305 e. The van der Waals surface area contributed by atoms with E-state index in [0.717, 1.165) is 10.0 Å². The van der Waals surface area contributed by atoms with Gasteiger partial charge in [0.1, 0.15) is 0 Å². The Morgan fingerprint density at radius 2 is 1.92 bits per heavy atom. The number of hydrogen-bond donors (Lipinski definition) is 2. The van der Waals surface area contributed by atoms with E-state index < -0.39 is 12.0 Å². The Kier molecular flexibility index (Phi) is 5.43. The molecule has 24 heavy (non-hydrogen) atoms. The summed E-state index contributed by atoms with van der Waals surface area (Å²) >= 11 is 3.34. The zero-order valence-electron chi connectivity index (χ0n) is 13.8. The van der Waals surface area contributed by atoms with Crippen molar-refractivity contribution in [3.8, 4) is 0 Å². The van der Waals surface area contributed by atoms with Crippen LogP contribution in [-0.4, -0.2) is 26.8 Å². The summed E-state index contributed by atoms with van der Waals surface area (Å²) in [5, 5.41) is 16.1. The molecule has 0 saturated carbocycles. The van der Waals surface area contributed by atoms with Crippen LogP contribution in [-0.2, 0) is 10.3 Å². The summed E-state index contributed by atoms with van der Waals surface area (Å²) < 4.78 is 2.59. The van der Waals surface area contributed by atoms with E-state index >= 15 is 0 Å². The third-order valence-electron chi connectivity index (χ3n) is 3.49. The Morgan fingerprint density at radius 3 is 2.42 bits per heavy atom. The summed E-state index contributed by atoms with van der Waals surface area (Å²) in [6, 6.07) is 6.59. The van der Waals surface area contributed by atoms with Gasteiger partial charge in [0.05, 0.1) is 29.8 Å². The third-order valence-corrected chi connectivity index (χ3v) is 4.02. The van der Waals surface area contributed by atoms with Gasteiger partial charge in [-0.05, 0) is 38.5 Å². The van der Waals surface area contributed by atoms with Crippen LogP contribution in [0.4, 0.5) is 0 Å². The van der Waals surface area contributed by atoms with Crippen molar-refractivity contribution >= 4 is 27.8 Å². The highest BCUT2D eigenvalue weighted by Gasteiger charge is 2.21. The molecule has 1 heterocycles. The van der Waals surface area contributed by atoms with Crippen LogP contribution in [0.5, 0.6) is 0 Å². The molecule has 1 unspecified atom stereocenters. The van der Waals surface area contributed by atoms with Gasteiger partial charge in [-0.1, -0.05) is 28.1 Å². The number of amides is 1. The molecule has 1 amide bonds. The Hall–Kier alpha value is -2.15. The molecule has 7 heteroatoms. The number of carbonyl (C=O) groups excluding carboxylic acids is 1. The third kappa shape index (κ3) is 4.67. The summed E-state index contributed by atoms with van der Waals surface area (Å²) in [7, 11) is 0. The van der Waals surface area contributed by atoms with Crippen molar-refractivity contribution in [1.82, 2.24) is 15.1 Å². The number of carboxylic acid groups (broad SMARTS) is 1. The van der Waals surface area contributed by atoms with Crippen molar-refractivity contribution in [2.24, 2.45) is 0 Å². The van der Waals surface area contributed by atoms with Gasteiger partial charge in [0, 0.05) is 10.7 Å². The Bertz CT molecular complexity index is 732. The molecule has 0 aliphatic rings. The first kappa shape index (κ1) is 18.2. The fourth-order valence-corrected chi connectivity index (χ4v) is 2.43. The highest BCUT2D eigenvalue weighted by atomic mass is 79.9. The fraction of sp³-hybridized carbons (Fsp3) is 0.353. The topological polar surface area (TPSA) is 84.2 Å². The number of aromatic nitrogens is 2. The highest BCUT2D eigenvalue weighted by molar-refractivity contribution is 9.10. The summed E-state index contributed by atoms with van der Waals surface area (Å²) in [4.78, 5) is 23.6. The van der Waals surface area contributed by atoms with Gasteiger partial charge in [0.15, 0.2) is 0 Å². The van der Waals surface area contributed by atoms with Gasteiger partial charge in [0.25, 0.3) is 5.91 Å². The van der Waals surface area contributed by atoms with Gasteiger partial charge in [-0.15, -0.1) is 0 Å². The zero-order valence-corrected chi connectivity index (χ0v) is 15.4. The van der Waals surface area contributed by atoms with Gasteiger partial charge < -0.3 is 10.4 Å². The first-order valence-electron chi connectivity index (χ1n) is 7.50. The number of aliphatic carboxylic acids is 1. The first-order valence-corrected chi connectivity index (χ1v) is 8.29.